The molecule has 1 fully saturated rings. The summed E-state index contributed by atoms with van der Waals surface area (Å²) in [5, 5.41) is 8.92. The first-order valence-corrected chi connectivity index (χ1v) is 9.12. The summed E-state index contributed by atoms with van der Waals surface area (Å²) in [4.78, 5) is 17.5. The summed E-state index contributed by atoms with van der Waals surface area (Å²) in [5.41, 5.74) is 5.94. The van der Waals surface area contributed by atoms with Crippen LogP contribution in [0, 0.1) is 17.1 Å². The Labute approximate surface area is 161 Å². The van der Waals surface area contributed by atoms with Crippen molar-refractivity contribution >= 4 is 23.4 Å². The highest BCUT2D eigenvalue weighted by molar-refractivity contribution is 5.91. The average molecular weight is 391 g/mol. The number of aromatic nitrogens is 1. The van der Waals surface area contributed by atoms with Gasteiger partial charge in [-0.1, -0.05) is 13.0 Å². The minimum atomic E-state index is -0.940. The second-order valence-corrected chi connectivity index (χ2v) is 7.04. The molecule has 1 atom stereocenters. The van der Waals surface area contributed by atoms with Gasteiger partial charge in [-0.05, 0) is 36.8 Å². The fourth-order valence-corrected chi connectivity index (χ4v) is 3.42. The van der Waals surface area contributed by atoms with Crippen molar-refractivity contribution in [3.05, 3.63) is 41.1 Å². The number of ether oxygens (including phenoxy) is 1. The smallest absolute Gasteiger partial charge is 0.414 e. The predicted octanol–water partition coefficient (Wildman–Crippen LogP) is 3.09. The largest absolute Gasteiger partial charge is 0.444 e. The molecule has 1 unspecified atom stereocenters. The van der Waals surface area contributed by atoms with Crippen LogP contribution < -0.4 is 16.0 Å². The van der Waals surface area contributed by atoms with Gasteiger partial charge in [0.1, 0.15) is 12.4 Å². The van der Waals surface area contributed by atoms with Gasteiger partial charge in [-0.15, -0.1) is 0 Å². The van der Waals surface area contributed by atoms with Gasteiger partial charge in [0.05, 0.1) is 0 Å². The molecule has 1 aliphatic carbocycles. The van der Waals surface area contributed by atoms with E-state index in [2.05, 4.69) is 11.9 Å². The number of allylic oxidation sites excluding steroid dienone is 2. The van der Waals surface area contributed by atoms with Gasteiger partial charge < -0.3 is 15.4 Å². The summed E-state index contributed by atoms with van der Waals surface area (Å²) < 4.78 is 34.3. The first kappa shape index (κ1) is 19.8. The highest BCUT2D eigenvalue weighted by Crippen LogP contribution is 2.35. The van der Waals surface area contributed by atoms with Gasteiger partial charge in [-0.25, -0.2) is 18.6 Å². The monoisotopic (exact) mass is 391 g/mol. The first-order chi connectivity index (χ1) is 13.3. The zero-order chi connectivity index (χ0) is 20.3. The van der Waals surface area contributed by atoms with Crippen LogP contribution in [0.4, 0.5) is 19.4 Å². The lowest BCUT2D eigenvalue weighted by molar-refractivity contribution is 0.161. The zero-order valence-corrected chi connectivity index (χ0v) is 15.6. The molecule has 1 aliphatic heterocycles. The Balaban J connectivity index is 1.75. The van der Waals surface area contributed by atoms with Crippen LogP contribution in [-0.2, 0) is 4.74 Å². The Kier molecular flexibility index (Phi) is 5.91. The highest BCUT2D eigenvalue weighted by Gasteiger charge is 2.24. The molecule has 4 N–H and O–H groups in total. The molecule has 7 nitrogen and oxygen atoms in total. The van der Waals surface area contributed by atoms with Crippen LogP contribution in [0.5, 0.6) is 0 Å². The van der Waals surface area contributed by atoms with Gasteiger partial charge in [-0.2, -0.15) is 0 Å². The van der Waals surface area contributed by atoms with Crippen LogP contribution in [0.1, 0.15) is 31.7 Å². The topological polar surface area (TPSA) is 104 Å². The quantitative estimate of drug-likeness (QED) is 0.540. The van der Waals surface area contributed by atoms with Crippen LogP contribution in [0.15, 0.2) is 29.7 Å². The van der Waals surface area contributed by atoms with E-state index in [-0.39, 0.29) is 12.2 Å². The molecule has 0 aromatic carbocycles. The van der Waals surface area contributed by atoms with Crippen LogP contribution in [-0.4, -0.2) is 36.7 Å². The van der Waals surface area contributed by atoms with Gasteiger partial charge in [0.25, 0.3) is 0 Å². The average Bonchev–Trinajstić information content (AvgIpc) is 3.06. The van der Waals surface area contributed by atoms with Gasteiger partial charge in [-0.3, -0.25) is 10.7 Å². The molecule has 1 saturated heterocycles. The van der Waals surface area contributed by atoms with Crippen molar-refractivity contribution < 1.29 is 18.3 Å². The maximum Gasteiger partial charge on any atom is 0.414 e. The maximum atomic E-state index is 14.9. The Morgan fingerprint density at radius 2 is 2.29 bits per heavy atom. The molecule has 3 rings (SSSR count). The molecule has 0 spiro atoms. The molecule has 150 valence electrons. The minimum absolute atomic E-state index is 0.192. The molecule has 1 aromatic heterocycles. The normalized spacial score (nSPS) is 19.5. The van der Waals surface area contributed by atoms with Gasteiger partial charge in [0, 0.05) is 30.4 Å². The number of anilines is 1. The fourth-order valence-electron chi connectivity index (χ4n) is 3.42. The van der Waals surface area contributed by atoms with E-state index < -0.39 is 23.7 Å². The van der Waals surface area contributed by atoms with Crippen molar-refractivity contribution in [1.29, 1.82) is 5.41 Å². The summed E-state index contributed by atoms with van der Waals surface area (Å²) in [6, 6.07) is 1.31. The number of halogens is 2. The molecule has 1 amide bonds. The summed E-state index contributed by atoms with van der Waals surface area (Å²) in [5.74, 6) is -0.795. The minimum Gasteiger partial charge on any atom is -0.444 e. The third-order valence-electron chi connectivity index (χ3n) is 4.82. The molecule has 2 aliphatic rings. The van der Waals surface area contributed by atoms with Gasteiger partial charge >= 0.3 is 6.09 Å². The van der Waals surface area contributed by atoms with Crippen molar-refractivity contribution in [3.63, 3.8) is 0 Å². The number of nitrogens with one attached hydrogen (secondary N) is 2. The maximum absolute atomic E-state index is 14.9. The standard InChI is InChI=1S/C19H23F2N5O2/c1-11-5-6-26(9-11)17-15(20)7-13(8-24-17)14-4-2-3-12(16(14)21)10-28-19(27)25-18(22)23/h3,7-8,11H,2,4-6,9-10H2,1H3,(H4,22,23,25,27). The summed E-state index contributed by atoms with van der Waals surface area (Å²) in [6.45, 7) is 3.32. The predicted molar refractivity (Wildman–Crippen MR) is 102 cm³/mol. The second kappa shape index (κ2) is 8.37. The van der Waals surface area contributed by atoms with E-state index in [9.17, 15) is 13.6 Å². The molecule has 28 heavy (non-hydrogen) atoms. The lowest BCUT2D eigenvalue weighted by Crippen LogP contribution is -2.36. The number of nitrogens with zero attached hydrogens (tertiary/aromatic N) is 2. The van der Waals surface area contributed by atoms with E-state index >= 15 is 0 Å². The number of hydrogen-bond donors (Lipinski definition) is 3. The Morgan fingerprint density at radius 1 is 1.50 bits per heavy atom. The van der Waals surface area contributed by atoms with Gasteiger partial charge in [0.15, 0.2) is 17.6 Å². The summed E-state index contributed by atoms with van der Waals surface area (Å²) in [7, 11) is 0. The molecule has 0 saturated carbocycles. The lowest BCUT2D eigenvalue weighted by Gasteiger charge is -2.20. The third-order valence-corrected chi connectivity index (χ3v) is 4.82. The van der Waals surface area contributed by atoms with Crippen LogP contribution in [0.3, 0.4) is 0 Å². The molecular formula is C19H23F2N5O2. The van der Waals surface area contributed by atoms with Crippen molar-refractivity contribution in [2.24, 2.45) is 11.7 Å². The van der Waals surface area contributed by atoms with E-state index in [1.807, 2.05) is 10.2 Å². The number of hydrogen-bond acceptors (Lipinski definition) is 5. The fraction of sp³-hybridized carbons (Fsp3) is 0.421. The van der Waals surface area contributed by atoms with E-state index in [4.69, 9.17) is 15.9 Å². The van der Waals surface area contributed by atoms with Crippen molar-refractivity contribution in [3.8, 4) is 0 Å². The molecule has 1 aromatic rings. The van der Waals surface area contributed by atoms with E-state index in [0.29, 0.717) is 35.7 Å². The molecule has 0 radical (unpaired) electrons. The Morgan fingerprint density at radius 3 is 2.93 bits per heavy atom. The number of carbonyl (C=O) groups is 1. The van der Waals surface area contributed by atoms with E-state index in [1.165, 1.54) is 12.3 Å². The highest BCUT2D eigenvalue weighted by atomic mass is 19.1. The molecule has 0 bridgehead atoms. The van der Waals surface area contributed by atoms with Gasteiger partial charge in [0.2, 0.25) is 0 Å². The number of amides is 1. The number of nitrogens with two attached hydrogens (primary N) is 1. The molecule has 9 heteroatoms. The number of alkyl carbamates (subject to hydrolysis) is 1. The third kappa shape index (κ3) is 4.47. The number of pyridine rings is 1. The van der Waals surface area contributed by atoms with Crippen LogP contribution in [0.2, 0.25) is 0 Å². The SMILES string of the molecule is CC1CCN(c2ncc(C3=C(F)C(COC(=O)NC(=N)N)=CCC3)cc2F)C1. The number of carbonyl (C=O) groups excluding carboxylic acids is 1. The van der Waals surface area contributed by atoms with Crippen LogP contribution >= 0.6 is 0 Å². The van der Waals surface area contributed by atoms with Crippen LogP contribution in [0.25, 0.3) is 5.57 Å². The van der Waals surface area contributed by atoms with Crippen molar-refractivity contribution in [2.75, 3.05) is 24.6 Å². The summed E-state index contributed by atoms with van der Waals surface area (Å²) in [6.07, 6.45) is 4.10. The van der Waals surface area contributed by atoms with E-state index in [0.717, 1.165) is 19.5 Å². The van der Waals surface area contributed by atoms with Crippen molar-refractivity contribution in [1.82, 2.24) is 10.3 Å². The van der Waals surface area contributed by atoms with E-state index in [1.54, 1.807) is 6.08 Å². The Bertz CT molecular complexity index is 853. The lowest BCUT2D eigenvalue weighted by atomic mass is 9.93. The second-order valence-electron chi connectivity index (χ2n) is 7.04. The zero-order valence-electron chi connectivity index (χ0n) is 15.6. The first-order valence-electron chi connectivity index (χ1n) is 9.12. The number of rotatable bonds is 4. The molecule has 2 heterocycles. The summed E-state index contributed by atoms with van der Waals surface area (Å²) >= 11 is 0. The van der Waals surface area contributed by atoms with Crippen molar-refractivity contribution in [2.45, 2.75) is 26.2 Å². The Hall–Kier alpha value is -2.97. The number of guanidine groups is 1. The molecular weight excluding hydrogens is 368 g/mol.